The molecule has 1 amide bonds. The number of fused-ring (bicyclic) bond motifs is 1. The van der Waals surface area contributed by atoms with E-state index in [1.807, 2.05) is 29.2 Å². The van der Waals surface area contributed by atoms with Gasteiger partial charge in [-0.15, -0.1) is 11.3 Å². The number of carbonyl (C=O) groups is 1. The van der Waals surface area contributed by atoms with Crippen LogP contribution in [0.25, 0.3) is 11.0 Å². The van der Waals surface area contributed by atoms with E-state index >= 15 is 0 Å². The van der Waals surface area contributed by atoms with Crippen LogP contribution in [0, 0.1) is 11.7 Å². The average molecular weight is 565 g/mol. The van der Waals surface area contributed by atoms with E-state index in [-0.39, 0.29) is 28.7 Å². The predicted molar refractivity (Wildman–Crippen MR) is 137 cm³/mol. The minimum absolute atomic E-state index is 0.00247. The number of hydrogen-bond acceptors (Lipinski definition) is 7. The largest absolute Gasteiger partial charge is 0.475 e. The molecule has 200 valence electrons. The number of hydrogen-bond donors (Lipinski definition) is 1. The van der Waals surface area contributed by atoms with Crippen LogP contribution in [0.3, 0.4) is 0 Å². The van der Waals surface area contributed by atoms with E-state index < -0.39 is 24.2 Å². The Morgan fingerprint density at radius 1 is 1.21 bits per heavy atom. The van der Waals surface area contributed by atoms with Gasteiger partial charge < -0.3 is 14.6 Å². The Labute approximate surface area is 225 Å². The highest BCUT2D eigenvalue weighted by atomic mass is 35.5. The van der Waals surface area contributed by atoms with E-state index in [1.165, 1.54) is 17.6 Å². The number of rotatable bonds is 9. The van der Waals surface area contributed by atoms with Gasteiger partial charge in [0.05, 0.1) is 39.0 Å². The zero-order valence-electron chi connectivity index (χ0n) is 20.1. The quantitative estimate of drug-likeness (QED) is 0.258. The van der Waals surface area contributed by atoms with Crippen molar-refractivity contribution in [3.8, 4) is 5.88 Å². The topological polar surface area (TPSA) is 80.5 Å². The minimum atomic E-state index is -2.75. The van der Waals surface area contributed by atoms with Gasteiger partial charge in [0, 0.05) is 6.54 Å². The van der Waals surface area contributed by atoms with Crippen LogP contribution in [0.4, 0.5) is 13.2 Å². The summed E-state index contributed by atoms with van der Waals surface area (Å²) >= 11 is 7.15. The summed E-state index contributed by atoms with van der Waals surface area (Å²) in [6, 6.07) is 10.9. The molecule has 1 aliphatic rings. The molecule has 1 aliphatic heterocycles. The summed E-state index contributed by atoms with van der Waals surface area (Å²) in [7, 11) is 0. The summed E-state index contributed by atoms with van der Waals surface area (Å²) in [5, 5.41) is 7.47. The summed E-state index contributed by atoms with van der Waals surface area (Å²) < 4.78 is 52.9. The van der Waals surface area contributed by atoms with Crippen LogP contribution in [-0.2, 0) is 0 Å². The number of piperidine rings is 1. The lowest BCUT2D eigenvalue weighted by atomic mass is 9.96. The Hall–Kier alpha value is -3.15. The van der Waals surface area contributed by atoms with Gasteiger partial charge in [-0.1, -0.05) is 29.8 Å². The summed E-state index contributed by atoms with van der Waals surface area (Å²) in [6.07, 6.45) is -1.25. The molecule has 0 bridgehead atoms. The molecule has 0 radical (unpaired) electrons. The third-order valence-electron chi connectivity index (χ3n) is 6.67. The second-order valence-electron chi connectivity index (χ2n) is 9.00. The number of benzene rings is 2. The highest BCUT2D eigenvalue weighted by molar-refractivity contribution is 7.09. The summed E-state index contributed by atoms with van der Waals surface area (Å²) in [4.78, 5) is 19.0. The normalized spacial score (nSPS) is 15.7. The number of thiazole rings is 1. The minimum Gasteiger partial charge on any atom is -0.475 e. The lowest BCUT2D eigenvalue weighted by Crippen LogP contribution is -2.43. The molecule has 0 aliphatic carbocycles. The van der Waals surface area contributed by atoms with E-state index in [2.05, 4.69) is 15.5 Å². The number of para-hydroxylation sites is 1. The van der Waals surface area contributed by atoms with Crippen LogP contribution in [0.15, 0.2) is 52.5 Å². The molecule has 7 nitrogen and oxygen atoms in total. The molecule has 1 saturated heterocycles. The predicted octanol–water partition coefficient (Wildman–Crippen LogP) is 6.28. The van der Waals surface area contributed by atoms with Gasteiger partial charge in [-0.3, -0.25) is 9.69 Å². The Morgan fingerprint density at radius 3 is 2.76 bits per heavy atom. The fraction of sp³-hybridized carbons (Fsp3) is 0.346. The van der Waals surface area contributed by atoms with Crippen molar-refractivity contribution in [1.29, 1.82) is 0 Å². The van der Waals surface area contributed by atoms with Gasteiger partial charge in [0.15, 0.2) is 5.58 Å². The van der Waals surface area contributed by atoms with E-state index in [0.717, 1.165) is 35.6 Å². The zero-order valence-corrected chi connectivity index (χ0v) is 21.7. The number of alkyl halides is 2. The van der Waals surface area contributed by atoms with E-state index in [4.69, 9.17) is 20.9 Å². The van der Waals surface area contributed by atoms with Gasteiger partial charge in [0.1, 0.15) is 11.5 Å². The molecule has 1 unspecified atom stereocenters. The van der Waals surface area contributed by atoms with Crippen molar-refractivity contribution in [2.24, 2.45) is 5.92 Å². The average Bonchev–Trinajstić information content (AvgIpc) is 3.56. The lowest BCUT2D eigenvalue weighted by molar-refractivity contribution is 0.0865. The molecule has 0 spiro atoms. The molecule has 1 atom stereocenters. The molecule has 12 heteroatoms. The monoisotopic (exact) mass is 564 g/mol. The highest BCUT2D eigenvalue weighted by Gasteiger charge is 2.32. The van der Waals surface area contributed by atoms with Crippen molar-refractivity contribution in [3.05, 3.63) is 74.9 Å². The molecule has 0 saturated carbocycles. The maximum absolute atomic E-state index is 14.2. The SMILES string of the molecule is O=C(NCC(c1scnc1C(F)F)N1CCC(COc2noc3ccccc23)CC1)c1c(F)cccc1Cl. The highest BCUT2D eigenvalue weighted by Crippen LogP contribution is 2.35. The molecule has 4 aromatic rings. The van der Waals surface area contributed by atoms with Crippen LogP contribution in [0.1, 0.15) is 46.2 Å². The second kappa shape index (κ2) is 11.7. The Bertz CT molecular complexity index is 1390. The molecule has 2 aromatic heterocycles. The van der Waals surface area contributed by atoms with Crippen LogP contribution >= 0.6 is 22.9 Å². The molecule has 3 heterocycles. The molecule has 1 fully saturated rings. The van der Waals surface area contributed by atoms with Crippen LogP contribution in [-0.4, -0.2) is 47.2 Å². The van der Waals surface area contributed by atoms with E-state index in [9.17, 15) is 18.0 Å². The maximum atomic E-state index is 14.2. The van der Waals surface area contributed by atoms with Crippen molar-refractivity contribution in [2.75, 3.05) is 26.2 Å². The second-order valence-corrected chi connectivity index (χ2v) is 10.3. The number of likely N-dealkylation sites (tertiary alicyclic amines) is 1. The van der Waals surface area contributed by atoms with Crippen molar-refractivity contribution >= 4 is 39.8 Å². The van der Waals surface area contributed by atoms with Crippen LogP contribution in [0.2, 0.25) is 5.02 Å². The first-order valence-corrected chi connectivity index (χ1v) is 13.3. The molecule has 38 heavy (non-hydrogen) atoms. The van der Waals surface area contributed by atoms with Crippen molar-refractivity contribution in [3.63, 3.8) is 0 Å². The molecule has 2 aromatic carbocycles. The number of ether oxygens (including phenoxy) is 1. The number of nitrogens with one attached hydrogen (secondary N) is 1. The number of halogens is 4. The van der Waals surface area contributed by atoms with Gasteiger partial charge >= 0.3 is 0 Å². The standard InChI is InChI=1S/C26H24ClF3N4O3S/c27-17-5-3-6-18(28)21(17)25(35)31-12-19(23-22(24(29)30)32-14-38-23)34-10-8-15(9-11-34)13-36-26-16-4-1-2-7-20(16)37-33-26/h1-7,14-15,19,24H,8-13H2,(H,31,35). The molecule has 1 N–H and O–H groups in total. The van der Waals surface area contributed by atoms with Crippen LogP contribution in [0.5, 0.6) is 5.88 Å². The van der Waals surface area contributed by atoms with Crippen LogP contribution < -0.4 is 10.1 Å². The van der Waals surface area contributed by atoms with Gasteiger partial charge in [0.2, 0.25) is 0 Å². The number of nitrogens with zero attached hydrogens (tertiary/aromatic N) is 3. The third-order valence-corrected chi connectivity index (χ3v) is 7.93. The van der Waals surface area contributed by atoms with E-state index in [1.54, 1.807) is 0 Å². The van der Waals surface area contributed by atoms with E-state index in [0.29, 0.717) is 36.0 Å². The Balaban J connectivity index is 1.25. The smallest absolute Gasteiger partial charge is 0.281 e. The first kappa shape index (κ1) is 26.5. The summed E-state index contributed by atoms with van der Waals surface area (Å²) in [5.41, 5.74) is 1.45. The number of carbonyl (C=O) groups excluding carboxylic acids is 1. The molecular weight excluding hydrogens is 541 g/mol. The van der Waals surface area contributed by atoms with Crippen molar-refractivity contribution in [1.82, 2.24) is 20.4 Å². The van der Waals surface area contributed by atoms with Gasteiger partial charge in [-0.25, -0.2) is 18.2 Å². The van der Waals surface area contributed by atoms with Crippen molar-refractivity contribution < 1.29 is 27.2 Å². The number of aromatic nitrogens is 2. The maximum Gasteiger partial charge on any atom is 0.281 e. The van der Waals surface area contributed by atoms with Gasteiger partial charge in [0.25, 0.3) is 18.2 Å². The fourth-order valence-corrected chi connectivity index (χ4v) is 5.83. The molecular formula is C26H24ClF3N4O3S. The Kier molecular flexibility index (Phi) is 8.15. The number of amides is 1. The van der Waals surface area contributed by atoms with Crippen molar-refractivity contribution in [2.45, 2.75) is 25.3 Å². The fourth-order valence-electron chi connectivity index (χ4n) is 4.65. The Morgan fingerprint density at radius 2 is 2.00 bits per heavy atom. The summed E-state index contributed by atoms with van der Waals surface area (Å²) in [6.45, 7) is 1.63. The first-order valence-electron chi connectivity index (χ1n) is 12.1. The van der Waals surface area contributed by atoms with Gasteiger partial charge in [-0.05, 0) is 61.3 Å². The molecule has 5 rings (SSSR count). The van der Waals surface area contributed by atoms with Gasteiger partial charge in [-0.2, -0.15) is 0 Å². The zero-order chi connectivity index (χ0) is 26.6. The third kappa shape index (κ3) is 5.64. The lowest BCUT2D eigenvalue weighted by Gasteiger charge is -2.37. The summed E-state index contributed by atoms with van der Waals surface area (Å²) in [5.74, 6) is -0.783. The first-order chi connectivity index (χ1) is 18.4.